The number of hydrogen-bond donors (Lipinski definition) is 0. The van der Waals surface area contributed by atoms with Crippen LogP contribution >= 0.6 is 0 Å². The van der Waals surface area contributed by atoms with Crippen molar-refractivity contribution >= 4 is 0 Å². The van der Waals surface area contributed by atoms with Crippen LogP contribution in [0.1, 0.15) is 39.8 Å². The van der Waals surface area contributed by atoms with Gasteiger partial charge in [0, 0.05) is 19.7 Å². The topological polar surface area (TPSA) is 39.9 Å². The van der Waals surface area contributed by atoms with Gasteiger partial charge in [-0.3, -0.25) is 4.68 Å². The molecule has 20 heavy (non-hydrogen) atoms. The Morgan fingerprint density at radius 2 is 1.85 bits per heavy atom. The van der Waals surface area contributed by atoms with Crippen LogP contribution in [0.2, 0.25) is 0 Å². The first-order valence-electron chi connectivity index (χ1n) is 7.22. The second-order valence-electron chi connectivity index (χ2n) is 7.03. The molecule has 0 amide bonds. The number of aromatic nitrogens is 3. The molecule has 0 aliphatic heterocycles. The second kappa shape index (κ2) is 7.74. The highest BCUT2D eigenvalue weighted by molar-refractivity contribution is 4.85. The smallest absolute Gasteiger partial charge is 0.0951 e. The molecule has 5 heteroatoms. The third kappa shape index (κ3) is 7.60. The fourth-order valence-corrected chi connectivity index (χ4v) is 1.34. The molecule has 0 N–H and O–H groups in total. The third-order valence-corrected chi connectivity index (χ3v) is 3.70. The van der Waals surface area contributed by atoms with Crippen molar-refractivity contribution in [3.63, 3.8) is 0 Å². The summed E-state index contributed by atoms with van der Waals surface area (Å²) in [5, 5.41) is 7.41. The Morgan fingerprint density at radius 3 is 2.10 bits per heavy atom. The van der Waals surface area contributed by atoms with Crippen LogP contribution in [0.3, 0.4) is 0 Å². The van der Waals surface area contributed by atoms with Crippen molar-refractivity contribution in [1.29, 1.82) is 0 Å². The predicted octanol–water partition coefficient (Wildman–Crippen LogP) is 2.41. The number of quaternary nitrogens is 1. The molecule has 0 saturated carbocycles. The summed E-state index contributed by atoms with van der Waals surface area (Å²) >= 11 is 0. The van der Waals surface area contributed by atoms with Crippen LogP contribution in [0.5, 0.6) is 0 Å². The largest absolute Gasteiger partial charge is 0.379 e. The average Bonchev–Trinajstić information content (AvgIpc) is 2.60. The standard InChI is InChI=1S/C11H26NO.C4H7N3/c1-10(2)13-9-8-11(3,4)12(5,6)7;1-4-3-7(2)6-5-4/h10H,8-9H2,1-7H3;3H,1-2H3/q+1;. The first kappa shape index (κ1) is 19.1. The molecule has 0 aliphatic rings. The van der Waals surface area contributed by atoms with Gasteiger partial charge in [0.1, 0.15) is 0 Å². The normalized spacial score (nSPS) is 12.3. The number of hydrogen-bond acceptors (Lipinski definition) is 3. The Hall–Kier alpha value is -0.940. The van der Waals surface area contributed by atoms with E-state index in [-0.39, 0.29) is 5.54 Å². The van der Waals surface area contributed by atoms with Gasteiger partial charge in [-0.1, -0.05) is 5.21 Å². The Kier molecular flexibility index (Phi) is 7.38. The molecule has 118 valence electrons. The molecule has 0 radical (unpaired) electrons. The van der Waals surface area contributed by atoms with Crippen molar-refractivity contribution in [1.82, 2.24) is 15.0 Å². The van der Waals surface area contributed by atoms with Crippen molar-refractivity contribution in [2.75, 3.05) is 27.7 Å². The molecule has 1 heterocycles. The molecule has 0 aromatic carbocycles. The number of rotatable bonds is 5. The summed E-state index contributed by atoms with van der Waals surface area (Å²) in [6.45, 7) is 11.5. The maximum atomic E-state index is 5.56. The van der Waals surface area contributed by atoms with E-state index >= 15 is 0 Å². The Labute approximate surface area is 124 Å². The monoisotopic (exact) mass is 285 g/mol. The van der Waals surface area contributed by atoms with Gasteiger partial charge < -0.3 is 9.22 Å². The summed E-state index contributed by atoms with van der Waals surface area (Å²) in [7, 11) is 8.54. The number of nitrogens with zero attached hydrogens (tertiary/aromatic N) is 4. The lowest BCUT2D eigenvalue weighted by atomic mass is 9.97. The van der Waals surface area contributed by atoms with E-state index in [0.717, 1.165) is 23.2 Å². The molecule has 0 spiro atoms. The van der Waals surface area contributed by atoms with Crippen LogP contribution in [0.15, 0.2) is 6.20 Å². The van der Waals surface area contributed by atoms with Crippen LogP contribution in [0.25, 0.3) is 0 Å². The predicted molar refractivity (Wildman–Crippen MR) is 83.6 cm³/mol. The summed E-state index contributed by atoms with van der Waals surface area (Å²) in [4.78, 5) is 0. The minimum atomic E-state index is 0.287. The highest BCUT2D eigenvalue weighted by Gasteiger charge is 2.32. The molecule has 1 aromatic heterocycles. The fourth-order valence-electron chi connectivity index (χ4n) is 1.34. The van der Waals surface area contributed by atoms with Gasteiger partial charge in [-0.25, -0.2) is 0 Å². The van der Waals surface area contributed by atoms with E-state index in [0.29, 0.717) is 6.10 Å². The number of ether oxygens (including phenoxy) is 1. The van der Waals surface area contributed by atoms with Crippen molar-refractivity contribution < 1.29 is 9.22 Å². The zero-order valence-electron chi connectivity index (χ0n) is 14.8. The van der Waals surface area contributed by atoms with Crippen LogP contribution < -0.4 is 0 Å². The summed E-state index contributed by atoms with van der Waals surface area (Å²) in [5.74, 6) is 0. The van der Waals surface area contributed by atoms with E-state index in [1.165, 1.54) is 0 Å². The van der Waals surface area contributed by atoms with E-state index in [4.69, 9.17) is 4.74 Å². The minimum absolute atomic E-state index is 0.287. The van der Waals surface area contributed by atoms with E-state index in [2.05, 4.69) is 59.2 Å². The summed E-state index contributed by atoms with van der Waals surface area (Å²) < 4.78 is 8.22. The van der Waals surface area contributed by atoms with Crippen molar-refractivity contribution in [2.45, 2.75) is 52.7 Å². The first-order valence-corrected chi connectivity index (χ1v) is 7.22. The van der Waals surface area contributed by atoms with Gasteiger partial charge in [0.2, 0.25) is 0 Å². The summed E-state index contributed by atoms with van der Waals surface area (Å²) in [6, 6.07) is 0. The van der Waals surface area contributed by atoms with Gasteiger partial charge >= 0.3 is 0 Å². The lowest BCUT2D eigenvalue weighted by molar-refractivity contribution is -0.920. The quantitative estimate of drug-likeness (QED) is 0.780. The molecule has 0 bridgehead atoms. The highest BCUT2D eigenvalue weighted by atomic mass is 16.5. The molecule has 1 aromatic rings. The van der Waals surface area contributed by atoms with Gasteiger partial charge in [-0.15, -0.1) is 5.10 Å². The van der Waals surface area contributed by atoms with Gasteiger partial charge in [0.25, 0.3) is 0 Å². The molecule has 5 nitrogen and oxygen atoms in total. The van der Waals surface area contributed by atoms with Gasteiger partial charge in [-0.2, -0.15) is 0 Å². The average molecular weight is 285 g/mol. The first-order chi connectivity index (χ1) is 8.95. The Balaban J connectivity index is 0.000000428. The molecule has 0 aliphatic carbocycles. The Bertz CT molecular complexity index is 361. The molecular weight excluding hydrogens is 252 g/mol. The summed E-state index contributed by atoms with van der Waals surface area (Å²) in [6.07, 6.45) is 3.32. The number of aryl methyl sites for hydroxylation is 2. The summed E-state index contributed by atoms with van der Waals surface area (Å²) in [5.41, 5.74) is 1.25. The molecule has 0 saturated heterocycles. The van der Waals surface area contributed by atoms with E-state index in [1.807, 2.05) is 20.2 Å². The lowest BCUT2D eigenvalue weighted by Gasteiger charge is -2.41. The minimum Gasteiger partial charge on any atom is -0.379 e. The molecular formula is C15H33N4O+. The van der Waals surface area contributed by atoms with Crippen LogP contribution in [0, 0.1) is 6.92 Å². The van der Waals surface area contributed by atoms with E-state index < -0.39 is 0 Å². The van der Waals surface area contributed by atoms with Gasteiger partial charge in [-0.05, 0) is 34.6 Å². The third-order valence-electron chi connectivity index (χ3n) is 3.70. The van der Waals surface area contributed by atoms with E-state index in [1.54, 1.807) is 4.68 Å². The maximum Gasteiger partial charge on any atom is 0.0951 e. The molecule has 0 fully saturated rings. The Morgan fingerprint density at radius 1 is 1.30 bits per heavy atom. The van der Waals surface area contributed by atoms with Crippen LogP contribution in [-0.2, 0) is 11.8 Å². The zero-order valence-corrected chi connectivity index (χ0v) is 14.8. The zero-order chi connectivity index (χ0) is 16.0. The van der Waals surface area contributed by atoms with Crippen molar-refractivity contribution in [3.05, 3.63) is 11.9 Å². The molecule has 0 unspecified atom stereocenters. The highest BCUT2D eigenvalue weighted by Crippen LogP contribution is 2.21. The maximum absolute atomic E-state index is 5.56. The van der Waals surface area contributed by atoms with Gasteiger partial charge in [0.15, 0.2) is 0 Å². The fraction of sp³-hybridized carbons (Fsp3) is 0.867. The van der Waals surface area contributed by atoms with E-state index in [9.17, 15) is 0 Å². The van der Waals surface area contributed by atoms with Crippen molar-refractivity contribution in [2.24, 2.45) is 7.05 Å². The second-order valence-corrected chi connectivity index (χ2v) is 7.03. The van der Waals surface area contributed by atoms with Crippen molar-refractivity contribution in [3.8, 4) is 0 Å². The molecule has 0 atom stereocenters. The van der Waals surface area contributed by atoms with Crippen LogP contribution in [-0.4, -0.2) is 58.9 Å². The SMILES string of the molecule is CC(C)OCCC(C)(C)[N+](C)(C)C.Cc1cn(C)nn1. The molecule has 1 rings (SSSR count). The van der Waals surface area contributed by atoms with Gasteiger partial charge in [0.05, 0.1) is 45.1 Å². The lowest BCUT2D eigenvalue weighted by Crippen LogP contribution is -2.53. The van der Waals surface area contributed by atoms with Crippen LogP contribution in [0.4, 0.5) is 0 Å².